The molecule has 1 atom stereocenters. The van der Waals surface area contributed by atoms with Gasteiger partial charge in [0.25, 0.3) is 0 Å². The van der Waals surface area contributed by atoms with Crippen LogP contribution >= 0.6 is 0 Å². The molecule has 0 bridgehead atoms. The molecular formula is C17H25F2NO. The first-order valence-corrected chi connectivity index (χ1v) is 7.88. The van der Waals surface area contributed by atoms with Crippen LogP contribution in [0, 0.1) is 17.6 Å². The summed E-state index contributed by atoms with van der Waals surface area (Å²) in [6.07, 6.45) is 6.01. The van der Waals surface area contributed by atoms with E-state index in [1.807, 2.05) is 7.05 Å². The van der Waals surface area contributed by atoms with E-state index >= 15 is 0 Å². The normalized spacial score (nSPS) is 18.1. The number of hydrogen-bond donors (Lipinski definition) is 1. The van der Waals surface area contributed by atoms with Crippen molar-refractivity contribution in [2.75, 3.05) is 20.1 Å². The number of aliphatic hydroxyl groups excluding tert-OH is 1. The van der Waals surface area contributed by atoms with Gasteiger partial charge in [-0.2, -0.15) is 0 Å². The van der Waals surface area contributed by atoms with Crippen LogP contribution in [0.2, 0.25) is 0 Å². The Bertz CT molecular complexity index is 446. The highest BCUT2D eigenvalue weighted by Crippen LogP contribution is 2.25. The van der Waals surface area contributed by atoms with E-state index in [1.54, 1.807) is 0 Å². The molecule has 1 aliphatic carbocycles. The van der Waals surface area contributed by atoms with Gasteiger partial charge in [-0.3, -0.25) is 0 Å². The molecule has 4 heteroatoms. The molecule has 0 saturated heterocycles. The fourth-order valence-electron chi connectivity index (χ4n) is 3.18. The Morgan fingerprint density at radius 1 is 1.24 bits per heavy atom. The van der Waals surface area contributed by atoms with Crippen LogP contribution in [0.5, 0.6) is 0 Å². The van der Waals surface area contributed by atoms with Gasteiger partial charge in [0, 0.05) is 18.7 Å². The van der Waals surface area contributed by atoms with E-state index in [0.717, 1.165) is 18.5 Å². The maximum Gasteiger partial charge on any atom is 0.164 e. The predicted octanol–water partition coefficient (Wildman–Crippen LogP) is 3.90. The molecule has 0 aromatic heterocycles. The first kappa shape index (κ1) is 16.4. The van der Waals surface area contributed by atoms with Gasteiger partial charge >= 0.3 is 0 Å². The van der Waals surface area contributed by atoms with Crippen LogP contribution in [0.25, 0.3) is 0 Å². The van der Waals surface area contributed by atoms with Crippen LogP contribution in [0.15, 0.2) is 18.2 Å². The highest BCUT2D eigenvalue weighted by Gasteiger charge is 2.18. The van der Waals surface area contributed by atoms with Crippen LogP contribution in [0.3, 0.4) is 0 Å². The average molecular weight is 297 g/mol. The lowest BCUT2D eigenvalue weighted by atomic mass is 9.89. The highest BCUT2D eigenvalue weighted by molar-refractivity contribution is 5.21. The monoisotopic (exact) mass is 297 g/mol. The fourth-order valence-corrected chi connectivity index (χ4v) is 3.18. The summed E-state index contributed by atoms with van der Waals surface area (Å²) in [6, 6.07) is 3.95. The molecule has 1 aliphatic rings. The van der Waals surface area contributed by atoms with Gasteiger partial charge in [0.1, 0.15) is 0 Å². The largest absolute Gasteiger partial charge is 0.388 e. The lowest BCUT2D eigenvalue weighted by molar-refractivity contribution is 0.136. The second-order valence-electron chi connectivity index (χ2n) is 6.21. The Labute approximate surface area is 125 Å². The standard InChI is InChI=1S/C17H25F2NO/c1-20(12-13-6-3-2-4-7-13)11-10-16(21)14-8-5-9-15(18)17(14)19/h5,8-9,13,16,21H,2-4,6-7,10-12H2,1H3. The van der Waals surface area contributed by atoms with Gasteiger partial charge in [-0.15, -0.1) is 0 Å². The quantitative estimate of drug-likeness (QED) is 0.861. The van der Waals surface area contributed by atoms with E-state index < -0.39 is 17.7 Å². The van der Waals surface area contributed by atoms with Crippen molar-refractivity contribution in [2.24, 2.45) is 5.92 Å². The molecule has 1 N–H and O–H groups in total. The van der Waals surface area contributed by atoms with Gasteiger partial charge in [-0.1, -0.05) is 31.4 Å². The molecule has 0 amide bonds. The van der Waals surface area contributed by atoms with Crippen molar-refractivity contribution in [1.82, 2.24) is 4.90 Å². The van der Waals surface area contributed by atoms with Crippen molar-refractivity contribution in [3.63, 3.8) is 0 Å². The average Bonchev–Trinajstić information content (AvgIpc) is 2.48. The van der Waals surface area contributed by atoms with Gasteiger partial charge in [0.2, 0.25) is 0 Å². The van der Waals surface area contributed by atoms with Gasteiger partial charge in [0.15, 0.2) is 11.6 Å². The Morgan fingerprint density at radius 3 is 2.67 bits per heavy atom. The molecule has 1 unspecified atom stereocenters. The lowest BCUT2D eigenvalue weighted by Crippen LogP contribution is -2.28. The summed E-state index contributed by atoms with van der Waals surface area (Å²) in [5.41, 5.74) is 0.0565. The van der Waals surface area contributed by atoms with E-state index in [9.17, 15) is 13.9 Å². The summed E-state index contributed by atoms with van der Waals surface area (Å²) in [7, 11) is 2.03. The zero-order valence-electron chi connectivity index (χ0n) is 12.7. The second kappa shape index (κ2) is 7.85. The minimum absolute atomic E-state index is 0.0565. The van der Waals surface area contributed by atoms with E-state index in [-0.39, 0.29) is 5.56 Å². The molecule has 1 aromatic rings. The van der Waals surface area contributed by atoms with Crippen molar-refractivity contribution >= 4 is 0 Å². The molecule has 1 aromatic carbocycles. The van der Waals surface area contributed by atoms with Crippen LogP contribution in [-0.2, 0) is 0 Å². The first-order valence-electron chi connectivity index (χ1n) is 7.88. The summed E-state index contributed by atoms with van der Waals surface area (Å²) in [5.74, 6) is -1.09. The minimum atomic E-state index is -0.950. The number of benzene rings is 1. The molecule has 2 rings (SSSR count). The number of hydrogen-bond acceptors (Lipinski definition) is 2. The van der Waals surface area contributed by atoms with Gasteiger partial charge in [-0.25, -0.2) is 8.78 Å². The summed E-state index contributed by atoms with van der Waals surface area (Å²) >= 11 is 0. The van der Waals surface area contributed by atoms with E-state index in [0.29, 0.717) is 13.0 Å². The Morgan fingerprint density at radius 2 is 1.95 bits per heavy atom. The fraction of sp³-hybridized carbons (Fsp3) is 0.647. The SMILES string of the molecule is CN(CCC(O)c1cccc(F)c1F)CC1CCCCC1. The van der Waals surface area contributed by atoms with Crippen molar-refractivity contribution < 1.29 is 13.9 Å². The zero-order valence-corrected chi connectivity index (χ0v) is 12.7. The number of halogens is 2. The Kier molecular flexibility index (Phi) is 6.12. The van der Waals surface area contributed by atoms with Gasteiger partial charge in [0.05, 0.1) is 6.10 Å². The third-order valence-corrected chi connectivity index (χ3v) is 4.42. The number of nitrogens with zero attached hydrogens (tertiary/aromatic N) is 1. The molecule has 0 spiro atoms. The van der Waals surface area contributed by atoms with E-state index in [2.05, 4.69) is 4.90 Å². The molecule has 2 nitrogen and oxygen atoms in total. The third-order valence-electron chi connectivity index (χ3n) is 4.42. The highest BCUT2D eigenvalue weighted by atomic mass is 19.2. The maximum absolute atomic E-state index is 13.6. The molecule has 21 heavy (non-hydrogen) atoms. The minimum Gasteiger partial charge on any atom is -0.388 e. The molecule has 1 fully saturated rings. The molecule has 0 aliphatic heterocycles. The number of rotatable bonds is 6. The Hall–Kier alpha value is -1.00. The first-order chi connectivity index (χ1) is 10.1. The third kappa shape index (κ3) is 4.75. The molecule has 0 heterocycles. The molecule has 1 saturated carbocycles. The number of aliphatic hydroxyl groups is 1. The van der Waals surface area contributed by atoms with Gasteiger partial charge < -0.3 is 10.0 Å². The molecule has 0 radical (unpaired) electrons. The van der Waals surface area contributed by atoms with Crippen molar-refractivity contribution in [3.8, 4) is 0 Å². The van der Waals surface area contributed by atoms with Crippen LogP contribution in [0.1, 0.15) is 50.2 Å². The van der Waals surface area contributed by atoms with E-state index in [1.165, 1.54) is 44.2 Å². The topological polar surface area (TPSA) is 23.5 Å². The maximum atomic E-state index is 13.6. The predicted molar refractivity (Wildman–Crippen MR) is 80.0 cm³/mol. The molecule has 118 valence electrons. The Balaban J connectivity index is 1.80. The summed E-state index contributed by atoms with van der Waals surface area (Å²) in [5, 5.41) is 10.0. The van der Waals surface area contributed by atoms with E-state index in [4.69, 9.17) is 0 Å². The van der Waals surface area contributed by atoms with Gasteiger partial charge in [-0.05, 0) is 38.3 Å². The van der Waals surface area contributed by atoms with Crippen molar-refractivity contribution in [2.45, 2.75) is 44.6 Å². The zero-order chi connectivity index (χ0) is 15.2. The second-order valence-corrected chi connectivity index (χ2v) is 6.21. The van der Waals surface area contributed by atoms with Crippen LogP contribution in [0.4, 0.5) is 8.78 Å². The summed E-state index contributed by atoms with van der Waals surface area (Å²) in [6.45, 7) is 1.71. The smallest absolute Gasteiger partial charge is 0.164 e. The lowest BCUT2D eigenvalue weighted by Gasteiger charge is -2.27. The summed E-state index contributed by atoms with van der Waals surface area (Å²) < 4.78 is 26.8. The van der Waals surface area contributed by atoms with Crippen molar-refractivity contribution in [3.05, 3.63) is 35.4 Å². The van der Waals surface area contributed by atoms with Crippen molar-refractivity contribution in [1.29, 1.82) is 0 Å². The van der Waals surface area contributed by atoms with Crippen LogP contribution < -0.4 is 0 Å². The molecular weight excluding hydrogens is 272 g/mol. The summed E-state index contributed by atoms with van der Waals surface area (Å²) in [4.78, 5) is 2.19. The van der Waals surface area contributed by atoms with Crippen LogP contribution in [-0.4, -0.2) is 30.1 Å².